The van der Waals surface area contributed by atoms with Gasteiger partial charge in [-0.05, 0) is 55.2 Å². The van der Waals surface area contributed by atoms with Gasteiger partial charge in [-0.1, -0.05) is 6.42 Å². The number of sulfonamides is 1. The molecule has 1 aromatic rings. The van der Waals surface area contributed by atoms with Gasteiger partial charge in [-0.3, -0.25) is 4.79 Å². The molecule has 0 aromatic heterocycles. The number of hydrogen-bond donors (Lipinski definition) is 3. The molecular formula is C18H26FN3O4S. The Hall–Kier alpha value is -1.71. The Morgan fingerprint density at radius 3 is 2.48 bits per heavy atom. The first-order valence-corrected chi connectivity index (χ1v) is 10.7. The first-order valence-electron chi connectivity index (χ1n) is 9.13. The molecule has 1 amide bonds. The fraction of sp³-hybridized carbons (Fsp3) is 0.611. The van der Waals surface area contributed by atoms with E-state index < -0.39 is 26.5 Å². The predicted octanol–water partition coefficient (Wildman–Crippen LogP) is 1.05. The predicted molar refractivity (Wildman–Crippen MR) is 98.0 cm³/mol. The van der Waals surface area contributed by atoms with Crippen LogP contribution in [0.15, 0.2) is 17.0 Å². The molecule has 5 N–H and O–H groups in total. The zero-order chi connectivity index (χ0) is 19.8. The van der Waals surface area contributed by atoms with Gasteiger partial charge in [-0.15, -0.1) is 0 Å². The number of primary sulfonamides is 1. The number of amides is 1. The molecule has 0 heterocycles. The highest BCUT2D eigenvalue weighted by Gasteiger charge is 2.39. The fourth-order valence-corrected chi connectivity index (χ4v) is 5.34. The summed E-state index contributed by atoms with van der Waals surface area (Å²) >= 11 is 0. The number of carbonyl (C=O) groups excluding carboxylic acids is 1. The Morgan fingerprint density at radius 1 is 1.30 bits per heavy atom. The van der Waals surface area contributed by atoms with Gasteiger partial charge in [0, 0.05) is 12.1 Å². The fourth-order valence-electron chi connectivity index (χ4n) is 4.58. The summed E-state index contributed by atoms with van der Waals surface area (Å²) in [6.07, 6.45) is 4.90. The van der Waals surface area contributed by atoms with Crippen molar-refractivity contribution >= 4 is 15.9 Å². The molecule has 7 nitrogen and oxygen atoms in total. The highest BCUT2D eigenvalue weighted by atomic mass is 32.2. The van der Waals surface area contributed by atoms with Gasteiger partial charge < -0.3 is 15.8 Å². The largest absolute Gasteiger partial charge is 0.492 e. The number of rotatable bonds is 5. The quantitative estimate of drug-likeness (QED) is 0.682. The molecule has 0 aliphatic heterocycles. The van der Waals surface area contributed by atoms with Gasteiger partial charge in [0.05, 0.1) is 13.5 Å². The van der Waals surface area contributed by atoms with E-state index in [1.54, 1.807) is 0 Å². The molecule has 150 valence electrons. The molecule has 2 aliphatic carbocycles. The van der Waals surface area contributed by atoms with Crippen LogP contribution in [0.3, 0.4) is 0 Å². The van der Waals surface area contributed by atoms with Crippen molar-refractivity contribution in [1.29, 1.82) is 0 Å². The van der Waals surface area contributed by atoms with Crippen LogP contribution in [0.5, 0.6) is 5.75 Å². The highest BCUT2D eigenvalue weighted by Crippen LogP contribution is 2.39. The summed E-state index contributed by atoms with van der Waals surface area (Å²) in [5.41, 5.74) is 6.34. The SMILES string of the molecule is COc1c(F)cc(CC(=O)NC2C3CCCC2CC(N)C3)cc1S(N)(=O)=O. The molecule has 2 unspecified atom stereocenters. The first kappa shape index (κ1) is 20.0. The number of hydrogen-bond acceptors (Lipinski definition) is 5. The summed E-state index contributed by atoms with van der Waals surface area (Å²) in [4.78, 5) is 12.1. The van der Waals surface area contributed by atoms with Gasteiger partial charge in [-0.2, -0.15) is 0 Å². The smallest absolute Gasteiger partial charge is 0.241 e. The molecule has 27 heavy (non-hydrogen) atoms. The molecule has 2 bridgehead atoms. The maximum atomic E-state index is 14.2. The van der Waals surface area contributed by atoms with Crippen LogP contribution >= 0.6 is 0 Å². The van der Waals surface area contributed by atoms with E-state index >= 15 is 0 Å². The van der Waals surface area contributed by atoms with Gasteiger partial charge in [0.1, 0.15) is 4.90 Å². The van der Waals surface area contributed by atoms with Gasteiger partial charge in [0.15, 0.2) is 11.6 Å². The highest BCUT2D eigenvalue weighted by molar-refractivity contribution is 7.89. The lowest BCUT2D eigenvalue weighted by atomic mass is 9.67. The van der Waals surface area contributed by atoms with Crippen LogP contribution in [0.2, 0.25) is 0 Å². The van der Waals surface area contributed by atoms with E-state index in [2.05, 4.69) is 5.32 Å². The summed E-state index contributed by atoms with van der Waals surface area (Å²) in [7, 11) is -3.02. The van der Waals surface area contributed by atoms with Crippen LogP contribution in [0.1, 0.15) is 37.7 Å². The molecule has 0 saturated heterocycles. The van der Waals surface area contributed by atoms with E-state index in [-0.39, 0.29) is 30.0 Å². The minimum Gasteiger partial charge on any atom is -0.492 e. The molecule has 2 atom stereocenters. The number of methoxy groups -OCH3 is 1. The summed E-state index contributed by atoms with van der Waals surface area (Å²) in [6, 6.07) is 2.55. The Kier molecular flexibility index (Phi) is 5.73. The Morgan fingerprint density at radius 2 is 1.93 bits per heavy atom. The lowest BCUT2D eigenvalue weighted by Crippen LogP contribution is -2.54. The lowest BCUT2D eigenvalue weighted by Gasteiger charge is -2.45. The van der Waals surface area contributed by atoms with Crippen LogP contribution in [0, 0.1) is 17.7 Å². The van der Waals surface area contributed by atoms with Gasteiger partial charge in [-0.25, -0.2) is 17.9 Å². The maximum Gasteiger partial charge on any atom is 0.241 e. The number of carbonyl (C=O) groups is 1. The third kappa shape index (κ3) is 4.41. The van der Waals surface area contributed by atoms with Crippen molar-refractivity contribution in [2.75, 3.05) is 7.11 Å². The van der Waals surface area contributed by atoms with E-state index in [9.17, 15) is 17.6 Å². The average molecular weight is 399 g/mol. The number of halogens is 1. The summed E-state index contributed by atoms with van der Waals surface area (Å²) in [5.74, 6) is -0.852. The van der Waals surface area contributed by atoms with E-state index in [1.807, 2.05) is 0 Å². The molecule has 2 saturated carbocycles. The number of ether oxygens (including phenoxy) is 1. The first-order chi connectivity index (χ1) is 12.7. The minimum absolute atomic E-state index is 0.0758. The van der Waals surface area contributed by atoms with Crippen molar-refractivity contribution in [3.63, 3.8) is 0 Å². The lowest BCUT2D eigenvalue weighted by molar-refractivity contribution is -0.122. The van der Waals surface area contributed by atoms with Crippen molar-refractivity contribution in [2.24, 2.45) is 22.7 Å². The van der Waals surface area contributed by atoms with Gasteiger partial charge >= 0.3 is 0 Å². The molecule has 1 aromatic carbocycles. The van der Waals surface area contributed by atoms with E-state index in [1.165, 1.54) is 6.07 Å². The average Bonchev–Trinajstić information content (AvgIpc) is 2.54. The molecule has 0 radical (unpaired) electrons. The van der Waals surface area contributed by atoms with E-state index in [0.717, 1.165) is 45.3 Å². The molecule has 9 heteroatoms. The standard InChI is InChI=1S/C18H26FN3O4S/c1-26-18-14(19)5-10(6-15(18)27(21,24)25)7-16(23)22-17-11-3-2-4-12(17)9-13(20)8-11/h5-6,11-13,17H,2-4,7-9,20H2,1H3,(H,22,23)(H2,21,24,25). The van der Waals surface area contributed by atoms with Crippen LogP contribution in [0.4, 0.5) is 4.39 Å². The second kappa shape index (κ2) is 7.73. The second-order valence-electron chi connectivity index (χ2n) is 7.61. The zero-order valence-electron chi connectivity index (χ0n) is 15.3. The Bertz CT molecular complexity index is 816. The van der Waals surface area contributed by atoms with Crippen LogP contribution < -0.4 is 20.9 Å². The second-order valence-corrected chi connectivity index (χ2v) is 9.14. The number of benzene rings is 1. The molecule has 0 spiro atoms. The van der Waals surface area contributed by atoms with E-state index in [4.69, 9.17) is 15.6 Å². The third-order valence-electron chi connectivity index (χ3n) is 5.65. The van der Waals surface area contributed by atoms with Crippen molar-refractivity contribution in [3.05, 3.63) is 23.5 Å². The van der Waals surface area contributed by atoms with Crippen LogP contribution in [-0.4, -0.2) is 33.5 Å². The van der Waals surface area contributed by atoms with Crippen molar-refractivity contribution in [1.82, 2.24) is 5.32 Å². The molecule has 3 rings (SSSR count). The summed E-state index contributed by atoms with van der Waals surface area (Å²) in [6.45, 7) is 0. The minimum atomic E-state index is -4.18. The van der Waals surface area contributed by atoms with E-state index in [0.29, 0.717) is 11.8 Å². The van der Waals surface area contributed by atoms with Crippen LogP contribution in [0.25, 0.3) is 0 Å². The summed E-state index contributed by atoms with van der Waals surface area (Å²) in [5, 5.41) is 8.21. The van der Waals surface area contributed by atoms with Crippen molar-refractivity contribution in [2.45, 2.75) is 55.5 Å². The maximum absolute atomic E-state index is 14.2. The monoisotopic (exact) mass is 399 g/mol. The Labute approximate surface area is 158 Å². The molecule has 2 aliphatic rings. The van der Waals surface area contributed by atoms with Crippen molar-refractivity contribution in [3.8, 4) is 5.75 Å². The summed E-state index contributed by atoms with van der Waals surface area (Å²) < 4.78 is 42.4. The van der Waals surface area contributed by atoms with Gasteiger partial charge in [0.25, 0.3) is 0 Å². The number of nitrogens with two attached hydrogens (primary N) is 2. The third-order valence-corrected chi connectivity index (χ3v) is 6.57. The zero-order valence-corrected chi connectivity index (χ0v) is 16.1. The number of nitrogens with one attached hydrogen (secondary N) is 1. The molecular weight excluding hydrogens is 373 g/mol. The normalized spacial score (nSPS) is 27.9. The number of fused-ring (bicyclic) bond motifs is 2. The van der Waals surface area contributed by atoms with Crippen LogP contribution in [-0.2, 0) is 21.2 Å². The molecule has 2 fully saturated rings. The van der Waals surface area contributed by atoms with Gasteiger partial charge in [0.2, 0.25) is 15.9 Å². The van der Waals surface area contributed by atoms with Crippen molar-refractivity contribution < 1.29 is 22.3 Å². The topological polar surface area (TPSA) is 125 Å². The Balaban J connectivity index is 1.76.